The van der Waals surface area contributed by atoms with E-state index in [9.17, 15) is 4.79 Å². The molecule has 96 valence electrons. The number of aliphatic hydroxyl groups is 1. The third-order valence-corrected chi connectivity index (χ3v) is 2.41. The maximum Gasteiger partial charge on any atom is 0.222 e. The van der Waals surface area contributed by atoms with E-state index in [4.69, 9.17) is 9.84 Å². The van der Waals surface area contributed by atoms with E-state index < -0.39 is 0 Å². The van der Waals surface area contributed by atoms with Gasteiger partial charge in [0.1, 0.15) is 0 Å². The van der Waals surface area contributed by atoms with Crippen LogP contribution in [0, 0.1) is 5.92 Å². The van der Waals surface area contributed by atoms with Crippen LogP contribution in [0.15, 0.2) is 0 Å². The SMILES string of the molecule is CCCOCCC(=O)NC(CCO)C(C)C. The van der Waals surface area contributed by atoms with E-state index in [1.165, 1.54) is 0 Å². The summed E-state index contributed by atoms with van der Waals surface area (Å²) in [4.78, 5) is 11.5. The first-order chi connectivity index (χ1) is 7.61. The van der Waals surface area contributed by atoms with Crippen LogP contribution in [0.25, 0.3) is 0 Å². The molecule has 1 atom stereocenters. The van der Waals surface area contributed by atoms with Gasteiger partial charge in [-0.25, -0.2) is 0 Å². The van der Waals surface area contributed by atoms with Crippen LogP contribution >= 0.6 is 0 Å². The average molecular weight is 231 g/mol. The van der Waals surface area contributed by atoms with Crippen molar-refractivity contribution in [1.82, 2.24) is 5.32 Å². The first-order valence-electron chi connectivity index (χ1n) is 6.09. The number of carbonyl (C=O) groups excluding carboxylic acids is 1. The molecule has 0 radical (unpaired) electrons. The third-order valence-electron chi connectivity index (χ3n) is 2.41. The molecule has 0 aliphatic rings. The topological polar surface area (TPSA) is 58.6 Å². The Kier molecular flexibility index (Phi) is 9.24. The fraction of sp³-hybridized carbons (Fsp3) is 0.917. The minimum absolute atomic E-state index is 0.00301. The lowest BCUT2D eigenvalue weighted by Gasteiger charge is -2.21. The first-order valence-corrected chi connectivity index (χ1v) is 6.09. The van der Waals surface area contributed by atoms with Gasteiger partial charge in [-0.15, -0.1) is 0 Å². The summed E-state index contributed by atoms with van der Waals surface area (Å²) in [6.45, 7) is 7.40. The minimum atomic E-state index is 0.00301. The van der Waals surface area contributed by atoms with Crippen molar-refractivity contribution in [2.75, 3.05) is 19.8 Å². The van der Waals surface area contributed by atoms with Crippen LogP contribution in [0.2, 0.25) is 0 Å². The molecular weight excluding hydrogens is 206 g/mol. The zero-order valence-corrected chi connectivity index (χ0v) is 10.7. The smallest absolute Gasteiger partial charge is 0.222 e. The van der Waals surface area contributed by atoms with E-state index in [0.717, 1.165) is 6.42 Å². The molecule has 0 aromatic rings. The van der Waals surface area contributed by atoms with Crippen molar-refractivity contribution < 1.29 is 14.6 Å². The predicted octanol–water partition coefficient (Wildman–Crippen LogP) is 1.33. The van der Waals surface area contributed by atoms with Crippen molar-refractivity contribution >= 4 is 5.91 Å². The maximum atomic E-state index is 11.5. The minimum Gasteiger partial charge on any atom is -0.396 e. The lowest BCUT2D eigenvalue weighted by Crippen LogP contribution is -2.39. The summed E-state index contributed by atoms with van der Waals surface area (Å²) in [5.41, 5.74) is 0. The van der Waals surface area contributed by atoms with Crippen LogP contribution in [-0.4, -0.2) is 36.9 Å². The number of amides is 1. The highest BCUT2D eigenvalue weighted by molar-refractivity contribution is 5.76. The molecule has 16 heavy (non-hydrogen) atoms. The molecule has 0 saturated heterocycles. The lowest BCUT2D eigenvalue weighted by molar-refractivity contribution is -0.123. The number of rotatable bonds is 9. The van der Waals surface area contributed by atoms with Crippen LogP contribution in [0.5, 0.6) is 0 Å². The quantitative estimate of drug-likeness (QED) is 0.588. The zero-order chi connectivity index (χ0) is 12.4. The number of hydrogen-bond acceptors (Lipinski definition) is 3. The second kappa shape index (κ2) is 9.60. The summed E-state index contributed by atoms with van der Waals surface area (Å²) < 4.78 is 5.25. The fourth-order valence-corrected chi connectivity index (χ4v) is 1.40. The van der Waals surface area contributed by atoms with Crippen LogP contribution in [0.4, 0.5) is 0 Å². The highest BCUT2D eigenvalue weighted by Gasteiger charge is 2.15. The lowest BCUT2D eigenvalue weighted by atomic mass is 10.0. The molecule has 1 amide bonds. The van der Waals surface area contributed by atoms with Gasteiger partial charge in [-0.3, -0.25) is 4.79 Å². The molecule has 0 aromatic carbocycles. The zero-order valence-electron chi connectivity index (χ0n) is 10.7. The second-order valence-electron chi connectivity index (χ2n) is 4.29. The molecule has 4 heteroatoms. The van der Waals surface area contributed by atoms with Crippen LogP contribution in [0.3, 0.4) is 0 Å². The van der Waals surface area contributed by atoms with Gasteiger partial charge in [-0.05, 0) is 18.8 Å². The molecule has 0 fully saturated rings. The van der Waals surface area contributed by atoms with Gasteiger partial charge in [0, 0.05) is 25.7 Å². The van der Waals surface area contributed by atoms with Gasteiger partial charge in [-0.2, -0.15) is 0 Å². The van der Waals surface area contributed by atoms with Crippen LogP contribution in [-0.2, 0) is 9.53 Å². The van der Waals surface area contributed by atoms with Gasteiger partial charge in [0.15, 0.2) is 0 Å². The molecule has 0 heterocycles. The van der Waals surface area contributed by atoms with E-state index in [1.54, 1.807) is 0 Å². The van der Waals surface area contributed by atoms with Gasteiger partial charge < -0.3 is 15.2 Å². The average Bonchev–Trinajstić information content (AvgIpc) is 2.23. The van der Waals surface area contributed by atoms with Crippen molar-refractivity contribution in [3.05, 3.63) is 0 Å². The van der Waals surface area contributed by atoms with E-state index in [1.807, 2.05) is 20.8 Å². The van der Waals surface area contributed by atoms with Crippen molar-refractivity contribution in [3.63, 3.8) is 0 Å². The molecule has 0 saturated carbocycles. The Morgan fingerprint density at radius 3 is 2.56 bits per heavy atom. The summed E-state index contributed by atoms with van der Waals surface area (Å²) in [6.07, 6.45) is 1.98. The predicted molar refractivity (Wildman–Crippen MR) is 64.2 cm³/mol. The van der Waals surface area contributed by atoms with Crippen molar-refractivity contribution in [2.45, 2.75) is 46.1 Å². The van der Waals surface area contributed by atoms with E-state index >= 15 is 0 Å². The largest absolute Gasteiger partial charge is 0.396 e. The fourth-order valence-electron chi connectivity index (χ4n) is 1.40. The number of nitrogens with one attached hydrogen (secondary N) is 1. The Balaban J connectivity index is 3.73. The Bertz CT molecular complexity index is 183. The van der Waals surface area contributed by atoms with Gasteiger partial charge in [0.2, 0.25) is 5.91 Å². The first kappa shape index (κ1) is 15.4. The molecule has 0 aliphatic heterocycles. The highest BCUT2D eigenvalue weighted by Crippen LogP contribution is 2.05. The molecule has 0 bridgehead atoms. The van der Waals surface area contributed by atoms with E-state index in [0.29, 0.717) is 32.0 Å². The van der Waals surface area contributed by atoms with Crippen molar-refractivity contribution in [3.8, 4) is 0 Å². The summed E-state index contributed by atoms with van der Waals surface area (Å²) in [5, 5.41) is 11.8. The van der Waals surface area contributed by atoms with Gasteiger partial charge >= 0.3 is 0 Å². The summed E-state index contributed by atoms with van der Waals surface area (Å²) in [5.74, 6) is 0.343. The summed E-state index contributed by atoms with van der Waals surface area (Å²) in [7, 11) is 0. The summed E-state index contributed by atoms with van der Waals surface area (Å²) in [6, 6.07) is 0.0590. The molecule has 0 aromatic heterocycles. The Labute approximate surface area is 98.4 Å². The van der Waals surface area contributed by atoms with Crippen LogP contribution < -0.4 is 5.32 Å². The van der Waals surface area contributed by atoms with Gasteiger partial charge in [-0.1, -0.05) is 20.8 Å². The summed E-state index contributed by atoms with van der Waals surface area (Å²) >= 11 is 0. The Hall–Kier alpha value is -0.610. The second-order valence-corrected chi connectivity index (χ2v) is 4.29. The van der Waals surface area contributed by atoms with Crippen molar-refractivity contribution in [1.29, 1.82) is 0 Å². The molecule has 0 rings (SSSR count). The van der Waals surface area contributed by atoms with Gasteiger partial charge in [0.25, 0.3) is 0 Å². The number of carbonyl (C=O) groups is 1. The maximum absolute atomic E-state index is 11.5. The van der Waals surface area contributed by atoms with Crippen LogP contribution in [0.1, 0.15) is 40.0 Å². The molecule has 0 spiro atoms. The normalized spacial score (nSPS) is 12.8. The number of hydrogen-bond donors (Lipinski definition) is 2. The third kappa shape index (κ3) is 7.65. The number of ether oxygens (including phenoxy) is 1. The molecular formula is C12H25NO3. The molecule has 2 N–H and O–H groups in total. The van der Waals surface area contributed by atoms with E-state index in [2.05, 4.69) is 5.32 Å². The molecule has 4 nitrogen and oxygen atoms in total. The highest BCUT2D eigenvalue weighted by atomic mass is 16.5. The standard InChI is InChI=1S/C12H25NO3/c1-4-8-16-9-6-12(15)13-11(5-7-14)10(2)3/h10-11,14H,4-9H2,1-3H3,(H,13,15). The van der Waals surface area contributed by atoms with Crippen molar-refractivity contribution in [2.24, 2.45) is 5.92 Å². The van der Waals surface area contributed by atoms with E-state index in [-0.39, 0.29) is 18.6 Å². The monoisotopic (exact) mass is 231 g/mol. The molecule has 1 unspecified atom stereocenters. The van der Waals surface area contributed by atoms with Gasteiger partial charge in [0.05, 0.1) is 6.61 Å². The number of aliphatic hydroxyl groups excluding tert-OH is 1. The Morgan fingerprint density at radius 2 is 2.06 bits per heavy atom. The molecule has 0 aliphatic carbocycles. The Morgan fingerprint density at radius 1 is 1.38 bits per heavy atom.